The topological polar surface area (TPSA) is 96.5 Å². The Morgan fingerprint density at radius 1 is 1.40 bits per heavy atom. The Morgan fingerprint density at radius 3 is 2.84 bits per heavy atom. The number of piperidine rings is 1. The Morgan fingerprint density at radius 2 is 2.20 bits per heavy atom. The van der Waals surface area contributed by atoms with Crippen LogP contribution in [0.25, 0.3) is 11.4 Å². The molecule has 1 spiro atoms. The SMILES string of the molecule is O=C(O)C1CC12CCN(C(=O)CCc1nc(-c3ccsc3)no1)CC2. The highest BCUT2D eigenvalue weighted by Crippen LogP contribution is 2.59. The van der Waals surface area contributed by atoms with Gasteiger partial charge in [-0.25, -0.2) is 0 Å². The number of hydrogen-bond donors (Lipinski definition) is 1. The Balaban J connectivity index is 1.27. The summed E-state index contributed by atoms with van der Waals surface area (Å²) in [6, 6.07) is 1.93. The average molecular weight is 361 g/mol. The summed E-state index contributed by atoms with van der Waals surface area (Å²) in [5.74, 6) is 0.183. The highest BCUT2D eigenvalue weighted by Gasteiger charge is 2.59. The van der Waals surface area contributed by atoms with Gasteiger partial charge in [0.2, 0.25) is 17.6 Å². The largest absolute Gasteiger partial charge is 0.481 e. The predicted molar refractivity (Wildman–Crippen MR) is 89.9 cm³/mol. The minimum absolute atomic E-state index is 0.0511. The minimum atomic E-state index is -0.697. The molecule has 1 saturated carbocycles. The summed E-state index contributed by atoms with van der Waals surface area (Å²) in [4.78, 5) is 29.6. The molecule has 7 nitrogen and oxygen atoms in total. The number of carbonyl (C=O) groups is 2. The molecule has 132 valence electrons. The zero-order chi connectivity index (χ0) is 17.4. The maximum absolute atomic E-state index is 12.4. The van der Waals surface area contributed by atoms with Crippen LogP contribution in [0.1, 0.15) is 31.6 Å². The number of aryl methyl sites for hydroxylation is 1. The smallest absolute Gasteiger partial charge is 0.307 e. The minimum Gasteiger partial charge on any atom is -0.481 e. The first-order valence-corrected chi connectivity index (χ1v) is 9.37. The standard InChI is InChI=1S/C17H19N3O4S/c21-14(20-6-4-17(5-7-20)9-12(17)16(22)23)2-1-13-18-15(19-24-13)11-3-8-25-10-11/h3,8,10,12H,1-2,4-7,9H2,(H,22,23). The van der Waals surface area contributed by atoms with Gasteiger partial charge in [-0.1, -0.05) is 5.16 Å². The van der Waals surface area contributed by atoms with Crippen molar-refractivity contribution in [3.63, 3.8) is 0 Å². The van der Waals surface area contributed by atoms with Gasteiger partial charge < -0.3 is 14.5 Å². The maximum Gasteiger partial charge on any atom is 0.307 e. The Hall–Kier alpha value is -2.22. The third-order valence-corrected chi connectivity index (χ3v) is 6.08. The number of thiophene rings is 1. The lowest BCUT2D eigenvalue weighted by Crippen LogP contribution is -2.40. The van der Waals surface area contributed by atoms with Crippen LogP contribution in [-0.2, 0) is 16.0 Å². The van der Waals surface area contributed by atoms with E-state index >= 15 is 0 Å². The molecule has 25 heavy (non-hydrogen) atoms. The van der Waals surface area contributed by atoms with E-state index in [4.69, 9.17) is 9.63 Å². The van der Waals surface area contributed by atoms with Crippen LogP contribution in [0, 0.1) is 11.3 Å². The number of aromatic nitrogens is 2. The molecule has 2 fully saturated rings. The van der Waals surface area contributed by atoms with Gasteiger partial charge in [0, 0.05) is 36.9 Å². The van der Waals surface area contributed by atoms with E-state index in [1.54, 1.807) is 11.3 Å². The van der Waals surface area contributed by atoms with Gasteiger partial charge in [-0.05, 0) is 36.1 Å². The molecule has 0 aromatic carbocycles. The summed E-state index contributed by atoms with van der Waals surface area (Å²) in [5, 5.41) is 17.0. The van der Waals surface area contributed by atoms with Gasteiger partial charge in [0.1, 0.15) is 0 Å². The molecule has 1 aliphatic carbocycles. The molecule has 1 amide bonds. The quantitative estimate of drug-likeness (QED) is 0.879. The Kier molecular flexibility index (Phi) is 4.07. The maximum atomic E-state index is 12.4. The fourth-order valence-corrected chi connectivity index (χ4v) is 4.32. The molecule has 1 saturated heterocycles. The summed E-state index contributed by atoms with van der Waals surface area (Å²) in [6.45, 7) is 1.29. The normalized spacial score (nSPS) is 21.4. The lowest BCUT2D eigenvalue weighted by atomic mass is 9.90. The molecule has 1 N–H and O–H groups in total. The van der Waals surface area contributed by atoms with Crippen LogP contribution in [0.4, 0.5) is 0 Å². The molecule has 1 aliphatic heterocycles. The zero-order valence-electron chi connectivity index (χ0n) is 13.7. The fraction of sp³-hybridized carbons (Fsp3) is 0.529. The van der Waals surface area contributed by atoms with Crippen LogP contribution in [0.5, 0.6) is 0 Å². The molecule has 1 atom stereocenters. The van der Waals surface area contributed by atoms with Crippen molar-refractivity contribution in [1.29, 1.82) is 0 Å². The first-order valence-electron chi connectivity index (χ1n) is 8.43. The molecular formula is C17H19N3O4S. The second-order valence-corrected chi connectivity index (χ2v) is 7.64. The summed E-state index contributed by atoms with van der Waals surface area (Å²) < 4.78 is 5.22. The third-order valence-electron chi connectivity index (χ3n) is 5.40. The van der Waals surface area contributed by atoms with Crippen LogP contribution in [-0.4, -0.2) is 45.1 Å². The lowest BCUT2D eigenvalue weighted by molar-refractivity contribution is -0.139. The van der Waals surface area contributed by atoms with E-state index in [0.717, 1.165) is 24.8 Å². The summed E-state index contributed by atoms with van der Waals surface area (Å²) >= 11 is 1.57. The highest BCUT2D eigenvalue weighted by molar-refractivity contribution is 7.08. The van der Waals surface area contributed by atoms with Crippen molar-refractivity contribution in [2.24, 2.45) is 11.3 Å². The van der Waals surface area contributed by atoms with Gasteiger partial charge in [0.15, 0.2) is 0 Å². The van der Waals surface area contributed by atoms with Crippen molar-refractivity contribution in [1.82, 2.24) is 15.0 Å². The number of carboxylic acid groups (broad SMARTS) is 1. The van der Waals surface area contributed by atoms with Crippen molar-refractivity contribution in [3.8, 4) is 11.4 Å². The lowest BCUT2D eigenvalue weighted by Gasteiger charge is -2.32. The van der Waals surface area contributed by atoms with Gasteiger partial charge in [0.05, 0.1) is 5.92 Å². The number of aliphatic carboxylic acids is 1. The van der Waals surface area contributed by atoms with Crippen LogP contribution in [0.3, 0.4) is 0 Å². The van der Waals surface area contributed by atoms with E-state index in [1.807, 2.05) is 21.7 Å². The van der Waals surface area contributed by atoms with Crippen molar-refractivity contribution >= 4 is 23.2 Å². The molecule has 1 unspecified atom stereocenters. The monoisotopic (exact) mass is 361 g/mol. The summed E-state index contributed by atoms with van der Waals surface area (Å²) in [5.41, 5.74) is 0.870. The van der Waals surface area contributed by atoms with Crippen molar-refractivity contribution in [3.05, 3.63) is 22.7 Å². The average Bonchev–Trinajstić information content (AvgIpc) is 3.02. The third kappa shape index (κ3) is 3.18. The number of nitrogens with zero attached hydrogens (tertiary/aromatic N) is 3. The van der Waals surface area contributed by atoms with Gasteiger partial charge >= 0.3 is 5.97 Å². The number of likely N-dealkylation sites (tertiary alicyclic amines) is 1. The summed E-state index contributed by atoms with van der Waals surface area (Å²) in [6.07, 6.45) is 3.10. The molecule has 2 aromatic rings. The van der Waals surface area contributed by atoms with Crippen molar-refractivity contribution < 1.29 is 19.2 Å². The summed E-state index contributed by atoms with van der Waals surface area (Å²) in [7, 11) is 0. The highest BCUT2D eigenvalue weighted by atomic mass is 32.1. The van der Waals surface area contributed by atoms with Crippen LogP contribution >= 0.6 is 11.3 Å². The first kappa shape index (κ1) is 16.3. The fourth-order valence-electron chi connectivity index (χ4n) is 3.69. The van der Waals surface area contributed by atoms with E-state index in [1.165, 1.54) is 0 Å². The van der Waals surface area contributed by atoms with E-state index < -0.39 is 5.97 Å². The van der Waals surface area contributed by atoms with Gasteiger partial charge in [-0.3, -0.25) is 9.59 Å². The van der Waals surface area contributed by atoms with Crippen molar-refractivity contribution in [2.45, 2.75) is 32.1 Å². The van der Waals surface area contributed by atoms with E-state index in [0.29, 0.717) is 37.6 Å². The molecule has 0 bridgehead atoms. The van der Waals surface area contributed by atoms with E-state index in [9.17, 15) is 9.59 Å². The Labute approximate surface area is 148 Å². The molecule has 2 aliphatic rings. The van der Waals surface area contributed by atoms with E-state index in [2.05, 4.69) is 10.1 Å². The molecule has 4 rings (SSSR count). The molecule has 0 radical (unpaired) electrons. The van der Waals surface area contributed by atoms with Crippen LogP contribution < -0.4 is 0 Å². The van der Waals surface area contributed by atoms with Crippen LogP contribution in [0.15, 0.2) is 21.3 Å². The molecule has 2 aromatic heterocycles. The molecular weight excluding hydrogens is 342 g/mol. The number of hydrogen-bond acceptors (Lipinski definition) is 6. The van der Waals surface area contributed by atoms with Crippen molar-refractivity contribution in [2.75, 3.05) is 13.1 Å². The number of carbonyl (C=O) groups excluding carboxylic acids is 1. The molecule has 8 heteroatoms. The van der Waals surface area contributed by atoms with Crippen LogP contribution in [0.2, 0.25) is 0 Å². The van der Waals surface area contributed by atoms with Gasteiger partial charge in [0.25, 0.3) is 0 Å². The van der Waals surface area contributed by atoms with Gasteiger partial charge in [-0.15, -0.1) is 0 Å². The first-order chi connectivity index (χ1) is 12.1. The molecule has 3 heterocycles. The zero-order valence-corrected chi connectivity index (χ0v) is 14.5. The second kappa shape index (κ2) is 6.25. The Bertz CT molecular complexity index is 778. The second-order valence-electron chi connectivity index (χ2n) is 6.86. The predicted octanol–water partition coefficient (Wildman–Crippen LogP) is 2.44. The van der Waals surface area contributed by atoms with E-state index in [-0.39, 0.29) is 17.2 Å². The number of rotatable bonds is 5. The number of carboxylic acids is 1. The number of amides is 1. The van der Waals surface area contributed by atoms with Gasteiger partial charge in [-0.2, -0.15) is 16.3 Å².